The van der Waals surface area contributed by atoms with Crippen molar-refractivity contribution in [2.24, 2.45) is 23.2 Å². The average molecular weight is 496 g/mol. The van der Waals surface area contributed by atoms with Crippen molar-refractivity contribution in [2.75, 3.05) is 12.3 Å². The molecule has 6 atom stereocenters. The molecular weight excluding hydrogens is 446 g/mol. The van der Waals surface area contributed by atoms with Crippen LogP contribution in [0.5, 0.6) is 0 Å². The molecule has 3 aliphatic rings. The van der Waals surface area contributed by atoms with E-state index in [9.17, 15) is 18.6 Å². The van der Waals surface area contributed by atoms with Gasteiger partial charge in [0.05, 0.1) is 18.0 Å². The maximum absolute atomic E-state index is 12.0. The van der Waals surface area contributed by atoms with Gasteiger partial charge >= 0.3 is 0 Å². The summed E-state index contributed by atoms with van der Waals surface area (Å²) in [5, 5.41) is 20.0. The standard InChI is InChI=1S/C28H49NO4S/c1-4-5-17-34(32,33)29-16-7-6-9-21(2)26-13-14-27-23(10-8-15-28(26,27)3)12-11-22-18-24(30)20-25(31)19-22/h11-12,21,24-27,29-31H,4-10,13-20H2,1-3H3/b23-12+/t21-,24-,25-,26-,27+,28-/m1/s1. The number of rotatable bonds is 11. The summed E-state index contributed by atoms with van der Waals surface area (Å²) in [5.41, 5.74) is 3.11. The summed E-state index contributed by atoms with van der Waals surface area (Å²) in [7, 11) is -3.10. The van der Waals surface area contributed by atoms with Gasteiger partial charge in [0.15, 0.2) is 0 Å². The Hall–Kier alpha value is -0.690. The van der Waals surface area contributed by atoms with Crippen LogP contribution in [-0.4, -0.2) is 43.1 Å². The number of hydrogen-bond donors (Lipinski definition) is 3. The summed E-state index contributed by atoms with van der Waals surface area (Å²) in [5.74, 6) is 2.28. The zero-order valence-corrected chi connectivity index (χ0v) is 22.6. The van der Waals surface area contributed by atoms with E-state index in [2.05, 4.69) is 30.7 Å². The predicted molar refractivity (Wildman–Crippen MR) is 140 cm³/mol. The molecule has 34 heavy (non-hydrogen) atoms. The molecule has 0 aromatic rings. The fraction of sp³-hybridized carbons (Fsp3) is 0.857. The van der Waals surface area contributed by atoms with Crippen molar-refractivity contribution in [3.63, 3.8) is 0 Å². The Balaban J connectivity index is 1.52. The van der Waals surface area contributed by atoms with E-state index in [1.807, 2.05) is 6.92 Å². The lowest BCUT2D eigenvalue weighted by atomic mass is 9.60. The van der Waals surface area contributed by atoms with Crippen molar-refractivity contribution in [1.82, 2.24) is 4.72 Å². The minimum absolute atomic E-state index is 0.245. The minimum Gasteiger partial charge on any atom is -0.393 e. The van der Waals surface area contributed by atoms with E-state index < -0.39 is 22.2 Å². The van der Waals surface area contributed by atoms with Gasteiger partial charge in [0.25, 0.3) is 0 Å². The highest BCUT2D eigenvalue weighted by Crippen LogP contribution is 2.59. The number of hydrogen-bond acceptors (Lipinski definition) is 4. The summed E-state index contributed by atoms with van der Waals surface area (Å²) in [6, 6.07) is 0. The molecule has 0 spiro atoms. The average Bonchev–Trinajstić information content (AvgIpc) is 3.13. The lowest BCUT2D eigenvalue weighted by molar-refractivity contribution is 0.0609. The van der Waals surface area contributed by atoms with Crippen molar-refractivity contribution >= 4 is 10.0 Å². The molecule has 196 valence electrons. The number of aliphatic hydroxyl groups is 2. The van der Waals surface area contributed by atoms with Crippen LogP contribution < -0.4 is 4.72 Å². The van der Waals surface area contributed by atoms with Crippen LogP contribution in [0.2, 0.25) is 0 Å². The number of unbranched alkanes of at least 4 members (excludes halogenated alkanes) is 2. The lowest BCUT2D eigenvalue weighted by Crippen LogP contribution is -2.36. The zero-order valence-electron chi connectivity index (χ0n) is 21.8. The van der Waals surface area contributed by atoms with E-state index in [4.69, 9.17) is 0 Å². The fourth-order valence-electron chi connectivity index (χ4n) is 7.17. The Morgan fingerprint density at radius 2 is 1.85 bits per heavy atom. The lowest BCUT2D eigenvalue weighted by Gasteiger charge is -2.44. The molecule has 0 aliphatic heterocycles. The molecule has 0 radical (unpaired) electrons. The molecule has 0 amide bonds. The van der Waals surface area contributed by atoms with Gasteiger partial charge in [-0.3, -0.25) is 0 Å². The first-order chi connectivity index (χ1) is 16.1. The van der Waals surface area contributed by atoms with E-state index >= 15 is 0 Å². The van der Waals surface area contributed by atoms with Crippen molar-refractivity contribution in [2.45, 2.75) is 116 Å². The highest BCUT2D eigenvalue weighted by molar-refractivity contribution is 7.89. The number of fused-ring (bicyclic) bond motifs is 1. The maximum atomic E-state index is 12.0. The van der Waals surface area contributed by atoms with Crippen molar-refractivity contribution in [3.05, 3.63) is 23.3 Å². The number of allylic oxidation sites excluding steroid dienone is 3. The summed E-state index contributed by atoms with van der Waals surface area (Å²) in [6.07, 6.45) is 16.7. The molecular formula is C28H49NO4S. The van der Waals surface area contributed by atoms with Gasteiger partial charge in [0.1, 0.15) is 0 Å². The molecule has 3 saturated carbocycles. The second-order valence-electron chi connectivity index (χ2n) is 11.7. The molecule has 6 heteroatoms. The van der Waals surface area contributed by atoms with Crippen LogP contribution in [-0.2, 0) is 10.0 Å². The van der Waals surface area contributed by atoms with Crippen LogP contribution in [0.1, 0.15) is 104 Å². The first-order valence-corrected chi connectivity index (χ1v) is 15.5. The third kappa shape index (κ3) is 7.41. The van der Waals surface area contributed by atoms with Crippen LogP contribution >= 0.6 is 0 Å². The normalized spacial score (nSPS) is 34.3. The van der Waals surface area contributed by atoms with Crippen molar-refractivity contribution < 1.29 is 18.6 Å². The number of nitrogens with one attached hydrogen (secondary N) is 1. The quantitative estimate of drug-likeness (QED) is 0.331. The molecule has 0 unspecified atom stereocenters. The zero-order chi connectivity index (χ0) is 24.8. The van der Waals surface area contributed by atoms with Crippen LogP contribution in [0.15, 0.2) is 23.3 Å². The van der Waals surface area contributed by atoms with E-state index in [0.717, 1.165) is 31.6 Å². The predicted octanol–water partition coefficient (Wildman–Crippen LogP) is 5.49. The number of sulfonamides is 1. The molecule has 0 heterocycles. The van der Waals surface area contributed by atoms with E-state index in [-0.39, 0.29) is 5.75 Å². The SMILES string of the molecule is CCCCS(=O)(=O)NCCCC[C@@H](C)[C@H]1CC[C@H]2/C(=C/C=C3C[C@@H](O)C[C@H](O)C3)CCC[C@]12C. The van der Waals surface area contributed by atoms with Crippen LogP contribution in [0.25, 0.3) is 0 Å². The first kappa shape index (κ1) is 27.9. The molecule has 3 rings (SSSR count). The minimum atomic E-state index is -3.10. The van der Waals surface area contributed by atoms with Gasteiger partial charge in [-0.05, 0) is 87.4 Å². The van der Waals surface area contributed by atoms with Crippen LogP contribution in [0.3, 0.4) is 0 Å². The Bertz CT molecular complexity index is 808. The van der Waals surface area contributed by atoms with Crippen LogP contribution in [0.4, 0.5) is 0 Å². The third-order valence-electron chi connectivity index (χ3n) is 8.97. The summed E-state index contributed by atoms with van der Waals surface area (Å²) in [6.45, 7) is 7.51. The first-order valence-electron chi connectivity index (χ1n) is 13.9. The van der Waals surface area contributed by atoms with Gasteiger partial charge in [-0.15, -0.1) is 0 Å². The van der Waals surface area contributed by atoms with Gasteiger partial charge < -0.3 is 10.2 Å². The molecule has 3 aliphatic carbocycles. The molecule has 3 N–H and O–H groups in total. The Labute approximate surface area is 208 Å². The summed E-state index contributed by atoms with van der Waals surface area (Å²) in [4.78, 5) is 0. The molecule has 5 nitrogen and oxygen atoms in total. The Morgan fingerprint density at radius 3 is 2.56 bits per heavy atom. The highest BCUT2D eigenvalue weighted by atomic mass is 32.2. The molecule has 0 aromatic carbocycles. The Kier molecular flexibility index (Phi) is 10.3. The van der Waals surface area contributed by atoms with E-state index in [1.165, 1.54) is 44.1 Å². The fourth-order valence-corrected chi connectivity index (χ4v) is 8.44. The molecule has 3 fully saturated rings. The van der Waals surface area contributed by atoms with Crippen LogP contribution in [0, 0.1) is 23.2 Å². The highest BCUT2D eigenvalue weighted by Gasteiger charge is 2.50. The van der Waals surface area contributed by atoms with Gasteiger partial charge in [0, 0.05) is 6.54 Å². The topological polar surface area (TPSA) is 86.6 Å². The van der Waals surface area contributed by atoms with Gasteiger partial charge in [0.2, 0.25) is 10.0 Å². The molecule has 0 aromatic heterocycles. The smallest absolute Gasteiger partial charge is 0.211 e. The van der Waals surface area contributed by atoms with Crippen molar-refractivity contribution in [1.29, 1.82) is 0 Å². The largest absolute Gasteiger partial charge is 0.393 e. The summed E-state index contributed by atoms with van der Waals surface area (Å²) >= 11 is 0. The van der Waals surface area contributed by atoms with Gasteiger partial charge in [-0.2, -0.15) is 0 Å². The Morgan fingerprint density at radius 1 is 1.12 bits per heavy atom. The maximum Gasteiger partial charge on any atom is 0.211 e. The van der Waals surface area contributed by atoms with Gasteiger partial charge in [-0.25, -0.2) is 13.1 Å². The van der Waals surface area contributed by atoms with Crippen molar-refractivity contribution in [3.8, 4) is 0 Å². The second kappa shape index (κ2) is 12.5. The monoisotopic (exact) mass is 495 g/mol. The third-order valence-corrected chi connectivity index (χ3v) is 10.4. The molecule has 0 bridgehead atoms. The summed E-state index contributed by atoms with van der Waals surface area (Å²) < 4.78 is 26.7. The van der Waals surface area contributed by atoms with Gasteiger partial charge in [-0.1, -0.05) is 63.3 Å². The van der Waals surface area contributed by atoms with E-state index in [1.54, 1.807) is 5.57 Å². The second-order valence-corrected chi connectivity index (χ2v) is 13.6. The molecule has 0 saturated heterocycles. The number of aliphatic hydroxyl groups excluding tert-OH is 2. The van der Waals surface area contributed by atoms with E-state index in [0.29, 0.717) is 43.1 Å².